The number of carbonyl (C=O) groups excluding carboxylic acids is 2. The first-order valence-electron chi connectivity index (χ1n) is 10.8. The maximum Gasteiger partial charge on any atom is 0.293 e. The fourth-order valence-corrected chi connectivity index (χ4v) is 4.85. The van der Waals surface area contributed by atoms with E-state index in [9.17, 15) is 9.59 Å². The Balaban J connectivity index is 1.61. The maximum atomic E-state index is 12.6. The van der Waals surface area contributed by atoms with Gasteiger partial charge < -0.3 is 9.47 Å². The Morgan fingerprint density at radius 3 is 2.61 bits per heavy atom. The van der Waals surface area contributed by atoms with Crippen LogP contribution in [0.15, 0.2) is 59.5 Å². The minimum atomic E-state index is -0.280. The van der Waals surface area contributed by atoms with E-state index >= 15 is 0 Å². The van der Waals surface area contributed by atoms with Gasteiger partial charge in [0.2, 0.25) is 0 Å². The molecule has 5 nitrogen and oxygen atoms in total. The van der Waals surface area contributed by atoms with Gasteiger partial charge in [0.05, 0.1) is 16.5 Å². The third kappa shape index (κ3) is 5.02. The zero-order valence-corrected chi connectivity index (χ0v) is 20.0. The lowest BCUT2D eigenvalue weighted by Gasteiger charge is -2.15. The highest BCUT2D eigenvalue weighted by molar-refractivity contribution is 8.18. The second kappa shape index (κ2) is 10.3. The highest BCUT2D eigenvalue weighted by Crippen LogP contribution is 2.40. The first-order valence-corrected chi connectivity index (χ1v) is 12.0. The van der Waals surface area contributed by atoms with Crippen molar-refractivity contribution in [2.75, 3.05) is 13.2 Å². The second-order valence-corrected chi connectivity index (χ2v) is 8.92. The molecule has 1 heterocycles. The van der Waals surface area contributed by atoms with Crippen LogP contribution < -0.4 is 9.47 Å². The van der Waals surface area contributed by atoms with Gasteiger partial charge in [-0.2, -0.15) is 0 Å². The molecule has 33 heavy (non-hydrogen) atoms. The van der Waals surface area contributed by atoms with Crippen LogP contribution in [0, 0.1) is 0 Å². The molecule has 1 aliphatic heterocycles. The fraction of sp³-hybridized carbons (Fsp3) is 0.231. The molecule has 2 amide bonds. The molecule has 4 rings (SSSR count). The Kier molecular flexibility index (Phi) is 7.26. The summed E-state index contributed by atoms with van der Waals surface area (Å²) in [5, 5.41) is 2.38. The topological polar surface area (TPSA) is 55.8 Å². The summed E-state index contributed by atoms with van der Waals surface area (Å²) in [6.45, 7) is 4.98. The predicted molar refractivity (Wildman–Crippen MR) is 134 cm³/mol. The van der Waals surface area contributed by atoms with Crippen LogP contribution in [-0.2, 0) is 11.4 Å². The van der Waals surface area contributed by atoms with Crippen molar-refractivity contribution in [2.24, 2.45) is 0 Å². The molecular formula is C26H24ClNO4S. The van der Waals surface area contributed by atoms with Crippen molar-refractivity contribution in [3.05, 3.63) is 75.7 Å². The summed E-state index contributed by atoms with van der Waals surface area (Å²) < 4.78 is 11.9. The number of ether oxygens (including phenoxy) is 2. The van der Waals surface area contributed by atoms with Crippen LogP contribution in [0.1, 0.15) is 31.4 Å². The number of halogens is 1. The van der Waals surface area contributed by atoms with Crippen molar-refractivity contribution in [3.63, 3.8) is 0 Å². The molecule has 1 fully saturated rings. The van der Waals surface area contributed by atoms with E-state index in [0.29, 0.717) is 53.2 Å². The van der Waals surface area contributed by atoms with Crippen molar-refractivity contribution >= 4 is 51.4 Å². The standard InChI is InChI=1S/C26H24ClNO4S/c1-3-12-28-25(29)23(33-26(28)30)15-17-13-21(27)24(22(14-17)31-4-2)32-16-19-10-7-9-18-8-5-6-11-20(18)19/h5-11,13-15H,3-4,12,16H2,1-2H3/b23-15+. The number of imide groups is 1. The number of amides is 2. The molecule has 3 aromatic rings. The summed E-state index contributed by atoms with van der Waals surface area (Å²) >= 11 is 7.52. The van der Waals surface area contributed by atoms with Gasteiger partial charge in [0.1, 0.15) is 6.61 Å². The predicted octanol–water partition coefficient (Wildman–Crippen LogP) is 6.92. The Morgan fingerprint density at radius 1 is 1.03 bits per heavy atom. The van der Waals surface area contributed by atoms with Crippen molar-refractivity contribution in [2.45, 2.75) is 26.9 Å². The van der Waals surface area contributed by atoms with Crippen LogP contribution in [-0.4, -0.2) is 29.2 Å². The fourth-order valence-electron chi connectivity index (χ4n) is 3.71. The molecule has 170 valence electrons. The summed E-state index contributed by atoms with van der Waals surface area (Å²) in [5.74, 6) is 0.657. The average Bonchev–Trinajstić information content (AvgIpc) is 3.06. The Hall–Kier alpha value is -2.96. The zero-order chi connectivity index (χ0) is 23.4. The van der Waals surface area contributed by atoms with E-state index in [1.54, 1.807) is 18.2 Å². The zero-order valence-electron chi connectivity index (χ0n) is 18.5. The van der Waals surface area contributed by atoms with Gasteiger partial charge in [0.15, 0.2) is 11.5 Å². The Labute approximate surface area is 202 Å². The largest absolute Gasteiger partial charge is 0.490 e. The van der Waals surface area contributed by atoms with Crippen LogP contribution >= 0.6 is 23.4 Å². The second-order valence-electron chi connectivity index (χ2n) is 7.52. The minimum Gasteiger partial charge on any atom is -0.490 e. The molecule has 0 bridgehead atoms. The molecule has 0 aliphatic carbocycles. The maximum absolute atomic E-state index is 12.6. The SMILES string of the molecule is CCCN1C(=O)S/C(=C/c2cc(Cl)c(OCc3cccc4ccccc34)c(OCC)c2)C1=O. The first-order chi connectivity index (χ1) is 16.0. The molecule has 0 radical (unpaired) electrons. The monoisotopic (exact) mass is 481 g/mol. The van der Waals surface area contributed by atoms with E-state index in [-0.39, 0.29) is 11.1 Å². The molecule has 0 atom stereocenters. The average molecular weight is 482 g/mol. The van der Waals surface area contributed by atoms with E-state index in [1.165, 1.54) is 4.90 Å². The highest BCUT2D eigenvalue weighted by Gasteiger charge is 2.34. The van der Waals surface area contributed by atoms with Crippen molar-refractivity contribution in [1.82, 2.24) is 4.90 Å². The number of hydrogen-bond donors (Lipinski definition) is 0. The van der Waals surface area contributed by atoms with Gasteiger partial charge in [-0.15, -0.1) is 0 Å². The molecular weight excluding hydrogens is 458 g/mol. The first kappa shape index (κ1) is 23.2. The van der Waals surface area contributed by atoms with E-state index in [0.717, 1.165) is 28.1 Å². The van der Waals surface area contributed by atoms with E-state index < -0.39 is 0 Å². The number of nitrogens with zero attached hydrogens (tertiary/aromatic N) is 1. The summed E-state index contributed by atoms with van der Waals surface area (Å²) in [4.78, 5) is 26.3. The van der Waals surface area contributed by atoms with Crippen LogP contribution in [0.25, 0.3) is 16.8 Å². The number of rotatable bonds is 8. The summed E-state index contributed by atoms with van der Waals surface area (Å²) in [6.07, 6.45) is 2.39. The third-order valence-corrected chi connectivity index (χ3v) is 6.39. The van der Waals surface area contributed by atoms with Crippen LogP contribution in [0.3, 0.4) is 0 Å². The van der Waals surface area contributed by atoms with Gasteiger partial charge in [0.25, 0.3) is 11.1 Å². The number of benzene rings is 3. The van der Waals surface area contributed by atoms with Gasteiger partial charge in [-0.25, -0.2) is 0 Å². The van der Waals surface area contributed by atoms with E-state index in [1.807, 2.05) is 38.1 Å². The Morgan fingerprint density at radius 2 is 1.82 bits per heavy atom. The quantitative estimate of drug-likeness (QED) is 0.327. The lowest BCUT2D eigenvalue weighted by molar-refractivity contribution is -0.122. The molecule has 3 aromatic carbocycles. The van der Waals surface area contributed by atoms with Gasteiger partial charge >= 0.3 is 0 Å². The van der Waals surface area contributed by atoms with E-state index in [4.69, 9.17) is 21.1 Å². The van der Waals surface area contributed by atoms with Gasteiger partial charge in [0, 0.05) is 6.54 Å². The van der Waals surface area contributed by atoms with Gasteiger partial charge in [-0.05, 0) is 65.2 Å². The molecule has 0 aromatic heterocycles. The van der Waals surface area contributed by atoms with E-state index in [2.05, 4.69) is 18.2 Å². The van der Waals surface area contributed by atoms with Crippen molar-refractivity contribution in [3.8, 4) is 11.5 Å². The van der Waals surface area contributed by atoms with Crippen molar-refractivity contribution < 1.29 is 19.1 Å². The van der Waals surface area contributed by atoms with Crippen LogP contribution in [0.4, 0.5) is 4.79 Å². The molecule has 0 N–H and O–H groups in total. The summed E-state index contributed by atoms with van der Waals surface area (Å²) in [5.41, 5.74) is 1.71. The molecule has 7 heteroatoms. The van der Waals surface area contributed by atoms with Crippen molar-refractivity contribution in [1.29, 1.82) is 0 Å². The number of thioether (sulfide) groups is 1. The molecule has 0 unspecified atom stereocenters. The number of fused-ring (bicyclic) bond motifs is 1. The van der Waals surface area contributed by atoms with Crippen LogP contribution in [0.5, 0.6) is 11.5 Å². The number of carbonyl (C=O) groups is 2. The van der Waals surface area contributed by atoms with Gasteiger partial charge in [-0.1, -0.05) is 61.0 Å². The molecule has 0 saturated carbocycles. The lowest BCUT2D eigenvalue weighted by atomic mass is 10.1. The normalized spacial score (nSPS) is 15.0. The third-order valence-electron chi connectivity index (χ3n) is 5.20. The lowest BCUT2D eigenvalue weighted by Crippen LogP contribution is -2.28. The highest BCUT2D eigenvalue weighted by atomic mass is 35.5. The number of hydrogen-bond acceptors (Lipinski definition) is 5. The molecule has 1 aliphatic rings. The smallest absolute Gasteiger partial charge is 0.293 e. The summed E-state index contributed by atoms with van der Waals surface area (Å²) in [7, 11) is 0. The molecule has 1 saturated heterocycles. The van der Waals surface area contributed by atoms with Crippen LogP contribution in [0.2, 0.25) is 5.02 Å². The van der Waals surface area contributed by atoms with Gasteiger partial charge in [-0.3, -0.25) is 14.5 Å². The Bertz CT molecular complexity index is 1230. The molecule has 0 spiro atoms. The minimum absolute atomic E-state index is 0.251. The summed E-state index contributed by atoms with van der Waals surface area (Å²) in [6, 6.07) is 17.7.